The van der Waals surface area contributed by atoms with Gasteiger partial charge in [0.2, 0.25) is 0 Å². The van der Waals surface area contributed by atoms with Crippen LogP contribution in [0.1, 0.15) is 25.0 Å². The van der Waals surface area contributed by atoms with E-state index in [1.54, 1.807) is 0 Å². The van der Waals surface area contributed by atoms with E-state index in [2.05, 4.69) is 4.98 Å². The first-order chi connectivity index (χ1) is 6.84. The second-order valence-electron chi connectivity index (χ2n) is 3.78. The Morgan fingerprint density at radius 3 is 3.07 bits per heavy atom. The van der Waals surface area contributed by atoms with Crippen molar-refractivity contribution in [1.29, 1.82) is 0 Å². The van der Waals surface area contributed by atoms with Gasteiger partial charge in [0.25, 0.3) is 0 Å². The van der Waals surface area contributed by atoms with Gasteiger partial charge in [0.05, 0.1) is 6.10 Å². The zero-order chi connectivity index (χ0) is 9.80. The molecule has 1 unspecified atom stereocenters. The second-order valence-corrected chi connectivity index (χ2v) is 3.78. The van der Waals surface area contributed by atoms with Gasteiger partial charge in [-0.15, -0.1) is 0 Å². The highest BCUT2D eigenvalue weighted by atomic mass is 16.3. The van der Waals surface area contributed by atoms with Gasteiger partial charge in [-0.1, -0.05) is 17.7 Å². The molecule has 0 saturated heterocycles. The summed E-state index contributed by atoms with van der Waals surface area (Å²) in [5.41, 5.74) is 2.41. The van der Waals surface area contributed by atoms with Gasteiger partial charge in [-0.05, 0) is 31.4 Å². The molecule has 0 aromatic carbocycles. The average molecular weight is 189 g/mol. The Hall–Kier alpha value is -1.15. The molecule has 1 aliphatic rings. The number of pyridine rings is 1. The lowest BCUT2D eigenvalue weighted by Crippen LogP contribution is -2.10. The molecule has 2 nitrogen and oxygen atoms in total. The quantitative estimate of drug-likeness (QED) is 0.723. The van der Waals surface area contributed by atoms with E-state index in [9.17, 15) is 5.11 Å². The lowest BCUT2D eigenvalue weighted by Gasteiger charge is -2.16. The smallest absolute Gasteiger partial charge is 0.0723 e. The van der Waals surface area contributed by atoms with E-state index in [0.717, 1.165) is 31.4 Å². The van der Waals surface area contributed by atoms with E-state index < -0.39 is 0 Å². The van der Waals surface area contributed by atoms with Gasteiger partial charge >= 0.3 is 0 Å². The van der Waals surface area contributed by atoms with Gasteiger partial charge in [-0.25, -0.2) is 0 Å². The minimum atomic E-state index is -0.234. The van der Waals surface area contributed by atoms with Crippen LogP contribution in [0.5, 0.6) is 0 Å². The first kappa shape index (κ1) is 9.41. The Kier molecular flexibility index (Phi) is 2.94. The number of nitrogens with zero attached hydrogens (tertiary/aromatic N) is 1. The molecule has 0 bridgehead atoms. The molecular formula is C12H15NO. The van der Waals surface area contributed by atoms with Crippen LogP contribution in [0.2, 0.25) is 0 Å². The lowest BCUT2D eigenvalue weighted by atomic mass is 9.94. The summed E-state index contributed by atoms with van der Waals surface area (Å²) in [4.78, 5) is 4.28. The number of aliphatic hydroxyl groups is 1. The van der Waals surface area contributed by atoms with Gasteiger partial charge in [-0.3, -0.25) is 4.98 Å². The zero-order valence-electron chi connectivity index (χ0n) is 8.19. The van der Waals surface area contributed by atoms with E-state index in [4.69, 9.17) is 0 Å². The molecule has 1 aliphatic carbocycles. The molecule has 2 heteroatoms. The zero-order valence-corrected chi connectivity index (χ0v) is 8.19. The van der Waals surface area contributed by atoms with Crippen LogP contribution < -0.4 is 0 Å². The van der Waals surface area contributed by atoms with Crippen LogP contribution in [-0.2, 0) is 6.42 Å². The maximum atomic E-state index is 9.46. The lowest BCUT2D eigenvalue weighted by molar-refractivity contribution is 0.202. The summed E-state index contributed by atoms with van der Waals surface area (Å²) in [6, 6.07) is 5.96. The summed E-state index contributed by atoms with van der Waals surface area (Å²) in [6.45, 7) is 0. The summed E-state index contributed by atoms with van der Waals surface area (Å²) >= 11 is 0. The maximum Gasteiger partial charge on any atom is 0.0723 e. The molecule has 1 heterocycles. The van der Waals surface area contributed by atoms with E-state index in [1.165, 1.54) is 5.57 Å². The Morgan fingerprint density at radius 1 is 1.43 bits per heavy atom. The Labute approximate surface area is 84.3 Å². The highest BCUT2D eigenvalue weighted by Crippen LogP contribution is 2.20. The molecule has 0 fully saturated rings. The summed E-state index contributed by atoms with van der Waals surface area (Å²) in [6.07, 6.45) is 7.56. The molecule has 1 atom stereocenters. The van der Waals surface area contributed by atoms with Gasteiger partial charge < -0.3 is 5.11 Å². The van der Waals surface area contributed by atoms with Crippen molar-refractivity contribution in [3.8, 4) is 0 Å². The molecule has 1 aromatic rings. The van der Waals surface area contributed by atoms with Crippen molar-refractivity contribution in [2.24, 2.45) is 0 Å². The number of aliphatic hydroxyl groups excluding tert-OH is 1. The average Bonchev–Trinajstić information content (AvgIpc) is 2.19. The molecule has 0 aliphatic heterocycles. The fraction of sp³-hybridized carbons (Fsp3) is 0.417. The van der Waals surface area contributed by atoms with E-state index in [0.29, 0.717) is 0 Å². The highest BCUT2D eigenvalue weighted by Gasteiger charge is 2.10. The van der Waals surface area contributed by atoms with Gasteiger partial charge in [-0.2, -0.15) is 0 Å². The van der Waals surface area contributed by atoms with Crippen LogP contribution >= 0.6 is 0 Å². The van der Waals surface area contributed by atoms with E-state index >= 15 is 0 Å². The number of hydrogen-bond donors (Lipinski definition) is 1. The third-order valence-electron chi connectivity index (χ3n) is 2.56. The maximum absolute atomic E-state index is 9.46. The monoisotopic (exact) mass is 189 g/mol. The largest absolute Gasteiger partial charge is 0.389 e. The fourth-order valence-corrected chi connectivity index (χ4v) is 1.86. The molecule has 0 radical (unpaired) electrons. The van der Waals surface area contributed by atoms with Crippen molar-refractivity contribution in [2.45, 2.75) is 31.8 Å². The topological polar surface area (TPSA) is 33.1 Å². The molecule has 1 N–H and O–H groups in total. The molecule has 0 saturated carbocycles. The summed E-state index contributed by atoms with van der Waals surface area (Å²) < 4.78 is 0. The van der Waals surface area contributed by atoms with E-state index in [-0.39, 0.29) is 6.10 Å². The van der Waals surface area contributed by atoms with Crippen LogP contribution in [0.15, 0.2) is 36.0 Å². The predicted molar refractivity (Wildman–Crippen MR) is 55.9 cm³/mol. The number of allylic oxidation sites excluding steroid dienone is 1. The van der Waals surface area contributed by atoms with Crippen molar-refractivity contribution < 1.29 is 5.11 Å². The van der Waals surface area contributed by atoms with Crippen LogP contribution in [-0.4, -0.2) is 16.2 Å². The predicted octanol–water partition coefficient (Wildman–Crippen LogP) is 2.10. The Morgan fingerprint density at radius 2 is 2.36 bits per heavy atom. The van der Waals surface area contributed by atoms with Crippen LogP contribution in [0.4, 0.5) is 0 Å². The first-order valence-corrected chi connectivity index (χ1v) is 5.12. The summed E-state index contributed by atoms with van der Waals surface area (Å²) in [7, 11) is 0. The molecule has 0 spiro atoms. The normalized spacial score (nSPS) is 21.8. The van der Waals surface area contributed by atoms with Crippen molar-refractivity contribution in [3.63, 3.8) is 0 Å². The van der Waals surface area contributed by atoms with Crippen LogP contribution in [0.25, 0.3) is 0 Å². The summed E-state index contributed by atoms with van der Waals surface area (Å²) in [5, 5.41) is 9.46. The summed E-state index contributed by atoms with van der Waals surface area (Å²) in [5.74, 6) is 0. The van der Waals surface area contributed by atoms with Gasteiger partial charge in [0.1, 0.15) is 0 Å². The van der Waals surface area contributed by atoms with Crippen molar-refractivity contribution in [2.75, 3.05) is 0 Å². The van der Waals surface area contributed by atoms with Crippen molar-refractivity contribution >= 4 is 0 Å². The molecule has 1 aromatic heterocycles. The number of aromatic nitrogens is 1. The minimum Gasteiger partial charge on any atom is -0.389 e. The van der Waals surface area contributed by atoms with Crippen LogP contribution in [0.3, 0.4) is 0 Å². The van der Waals surface area contributed by atoms with Gasteiger partial charge in [0, 0.05) is 18.3 Å². The third-order valence-corrected chi connectivity index (χ3v) is 2.56. The second kappa shape index (κ2) is 4.38. The van der Waals surface area contributed by atoms with E-state index in [1.807, 2.05) is 30.5 Å². The SMILES string of the molecule is OC1C=C(Cc2ccccn2)CCC1. The Bertz CT molecular complexity index is 318. The highest BCUT2D eigenvalue weighted by molar-refractivity contribution is 5.17. The standard InChI is InChI=1S/C12H15NO/c14-12-6-3-4-10(9-12)8-11-5-1-2-7-13-11/h1-2,5,7,9,12,14H,3-4,6,8H2. The molecule has 2 rings (SSSR count). The fourth-order valence-electron chi connectivity index (χ4n) is 1.86. The number of hydrogen-bond acceptors (Lipinski definition) is 2. The molecular weight excluding hydrogens is 174 g/mol. The third kappa shape index (κ3) is 2.42. The molecule has 14 heavy (non-hydrogen) atoms. The molecule has 74 valence electrons. The van der Waals surface area contributed by atoms with Crippen molar-refractivity contribution in [1.82, 2.24) is 4.98 Å². The molecule has 0 amide bonds. The first-order valence-electron chi connectivity index (χ1n) is 5.12. The van der Waals surface area contributed by atoms with Crippen LogP contribution in [0, 0.1) is 0 Å². The number of rotatable bonds is 2. The van der Waals surface area contributed by atoms with Crippen molar-refractivity contribution in [3.05, 3.63) is 41.7 Å². The minimum absolute atomic E-state index is 0.234. The Balaban J connectivity index is 2.04. The van der Waals surface area contributed by atoms with Gasteiger partial charge in [0.15, 0.2) is 0 Å².